The molecule has 6 nitrogen and oxygen atoms in total. The lowest BCUT2D eigenvalue weighted by Gasteiger charge is -1.98. The number of rotatable bonds is 5. The van der Waals surface area contributed by atoms with Crippen LogP contribution in [-0.4, -0.2) is 37.9 Å². The van der Waals surface area contributed by atoms with Gasteiger partial charge in [-0.2, -0.15) is 0 Å². The van der Waals surface area contributed by atoms with Crippen molar-refractivity contribution in [3.05, 3.63) is 30.7 Å². The van der Waals surface area contributed by atoms with Crippen molar-refractivity contribution in [3.8, 4) is 11.3 Å². The summed E-state index contributed by atoms with van der Waals surface area (Å²) in [6.07, 6.45) is 5.35. The molecule has 0 amide bonds. The van der Waals surface area contributed by atoms with Crippen LogP contribution in [0.5, 0.6) is 0 Å². The molecule has 0 aromatic carbocycles. The van der Waals surface area contributed by atoms with E-state index < -0.39 is 0 Å². The quantitative estimate of drug-likeness (QED) is 0.531. The zero-order chi connectivity index (χ0) is 14.7. The van der Waals surface area contributed by atoms with E-state index in [1.54, 1.807) is 23.8 Å². The standard InChI is InChI=1S/C13H12N4O2S2/c1-2-19-11(18)8-20-13-16-17-7-10(15-12(17)21-13)9-4-3-5-14-6-9/h3-7H,2,8H2,1H3. The topological polar surface area (TPSA) is 69.4 Å². The first-order chi connectivity index (χ1) is 10.3. The molecule has 0 aliphatic carbocycles. The zero-order valence-corrected chi connectivity index (χ0v) is 12.9. The monoisotopic (exact) mass is 320 g/mol. The number of nitrogens with zero attached hydrogens (tertiary/aromatic N) is 4. The van der Waals surface area contributed by atoms with E-state index in [1.165, 1.54) is 23.1 Å². The van der Waals surface area contributed by atoms with Crippen molar-refractivity contribution in [2.75, 3.05) is 12.4 Å². The number of aromatic nitrogens is 4. The molecule has 0 aliphatic rings. The van der Waals surface area contributed by atoms with Crippen LogP contribution in [0.3, 0.4) is 0 Å². The highest BCUT2D eigenvalue weighted by Gasteiger charge is 2.11. The largest absolute Gasteiger partial charge is 0.465 e. The first-order valence-electron chi connectivity index (χ1n) is 6.31. The van der Waals surface area contributed by atoms with Crippen molar-refractivity contribution in [1.29, 1.82) is 0 Å². The lowest BCUT2D eigenvalue weighted by Crippen LogP contribution is -2.06. The van der Waals surface area contributed by atoms with Gasteiger partial charge >= 0.3 is 5.97 Å². The molecule has 0 unspecified atom stereocenters. The van der Waals surface area contributed by atoms with E-state index in [0.717, 1.165) is 20.6 Å². The predicted molar refractivity (Wildman–Crippen MR) is 81.5 cm³/mol. The highest BCUT2D eigenvalue weighted by Crippen LogP contribution is 2.27. The first kappa shape index (κ1) is 14.0. The summed E-state index contributed by atoms with van der Waals surface area (Å²) in [5.41, 5.74) is 1.79. The number of imidazole rings is 1. The van der Waals surface area contributed by atoms with Crippen LogP contribution in [0.25, 0.3) is 16.2 Å². The maximum atomic E-state index is 11.3. The maximum absolute atomic E-state index is 11.3. The average molecular weight is 320 g/mol. The molecule has 0 fully saturated rings. The van der Waals surface area contributed by atoms with Gasteiger partial charge in [0.1, 0.15) is 0 Å². The molecule has 0 radical (unpaired) electrons. The molecular formula is C13H12N4O2S2. The molecule has 108 valence electrons. The van der Waals surface area contributed by atoms with Crippen LogP contribution in [-0.2, 0) is 9.53 Å². The molecule has 0 saturated heterocycles. The van der Waals surface area contributed by atoms with Crippen molar-refractivity contribution < 1.29 is 9.53 Å². The van der Waals surface area contributed by atoms with Crippen LogP contribution in [0.2, 0.25) is 0 Å². The third kappa shape index (κ3) is 3.22. The Balaban J connectivity index is 1.74. The minimum atomic E-state index is -0.230. The lowest BCUT2D eigenvalue weighted by molar-refractivity contribution is -0.139. The second kappa shape index (κ2) is 6.23. The maximum Gasteiger partial charge on any atom is 0.316 e. The fraction of sp³-hybridized carbons (Fsp3) is 0.231. The number of hydrogen-bond acceptors (Lipinski definition) is 7. The van der Waals surface area contributed by atoms with Crippen molar-refractivity contribution in [2.45, 2.75) is 11.3 Å². The number of ether oxygens (including phenoxy) is 1. The van der Waals surface area contributed by atoms with E-state index in [2.05, 4.69) is 15.1 Å². The van der Waals surface area contributed by atoms with Gasteiger partial charge in [-0.1, -0.05) is 23.1 Å². The molecule has 0 N–H and O–H groups in total. The number of thioether (sulfide) groups is 1. The number of esters is 1. The van der Waals surface area contributed by atoms with E-state index in [-0.39, 0.29) is 11.7 Å². The smallest absolute Gasteiger partial charge is 0.316 e. The van der Waals surface area contributed by atoms with Crippen LogP contribution in [0, 0.1) is 0 Å². The van der Waals surface area contributed by atoms with Crippen molar-refractivity contribution in [2.24, 2.45) is 0 Å². The molecule has 0 spiro atoms. The van der Waals surface area contributed by atoms with Gasteiger partial charge in [0.15, 0.2) is 4.34 Å². The van der Waals surface area contributed by atoms with Crippen LogP contribution in [0.15, 0.2) is 35.1 Å². The lowest BCUT2D eigenvalue weighted by atomic mass is 10.2. The summed E-state index contributed by atoms with van der Waals surface area (Å²) >= 11 is 2.81. The summed E-state index contributed by atoms with van der Waals surface area (Å²) in [7, 11) is 0. The van der Waals surface area contributed by atoms with E-state index in [9.17, 15) is 4.79 Å². The second-order valence-electron chi connectivity index (χ2n) is 4.06. The Morgan fingerprint density at radius 1 is 1.52 bits per heavy atom. The Kier molecular flexibility index (Phi) is 4.16. The predicted octanol–water partition coefficient (Wildman–Crippen LogP) is 2.51. The third-order valence-corrected chi connectivity index (χ3v) is 4.63. The second-order valence-corrected chi connectivity index (χ2v) is 6.24. The van der Waals surface area contributed by atoms with Crippen LogP contribution in [0.4, 0.5) is 0 Å². The van der Waals surface area contributed by atoms with Gasteiger partial charge in [-0.3, -0.25) is 9.78 Å². The van der Waals surface area contributed by atoms with E-state index in [1.807, 2.05) is 18.3 Å². The Morgan fingerprint density at radius 2 is 2.43 bits per heavy atom. The molecule has 21 heavy (non-hydrogen) atoms. The number of fused-ring (bicyclic) bond motifs is 1. The zero-order valence-electron chi connectivity index (χ0n) is 11.2. The van der Waals surface area contributed by atoms with Gasteiger partial charge in [-0.15, -0.1) is 5.10 Å². The highest BCUT2D eigenvalue weighted by molar-refractivity contribution is 8.01. The molecule has 0 saturated carbocycles. The Bertz CT molecular complexity index is 722. The summed E-state index contributed by atoms with van der Waals surface area (Å²) < 4.78 is 7.40. The van der Waals surface area contributed by atoms with Crippen molar-refractivity contribution in [3.63, 3.8) is 0 Å². The van der Waals surface area contributed by atoms with Crippen LogP contribution >= 0.6 is 23.1 Å². The fourth-order valence-electron chi connectivity index (χ4n) is 1.72. The molecule has 3 heterocycles. The van der Waals surface area contributed by atoms with Crippen molar-refractivity contribution >= 4 is 34.0 Å². The molecule has 0 aliphatic heterocycles. The van der Waals surface area contributed by atoms with Crippen LogP contribution in [0.1, 0.15) is 6.92 Å². The molecule has 0 bridgehead atoms. The summed E-state index contributed by atoms with van der Waals surface area (Å²) in [5.74, 6) is 0.0337. The Morgan fingerprint density at radius 3 is 3.14 bits per heavy atom. The van der Waals surface area contributed by atoms with E-state index >= 15 is 0 Å². The molecular weight excluding hydrogens is 308 g/mol. The molecule has 8 heteroatoms. The summed E-state index contributed by atoms with van der Waals surface area (Å²) in [6.45, 7) is 2.19. The van der Waals surface area contributed by atoms with E-state index in [0.29, 0.717) is 6.61 Å². The SMILES string of the molecule is CCOC(=O)CSc1nn2cc(-c3cccnc3)nc2s1. The molecule has 0 atom stereocenters. The average Bonchev–Trinajstić information content (AvgIpc) is 3.04. The van der Waals surface area contributed by atoms with Gasteiger partial charge in [0.25, 0.3) is 0 Å². The van der Waals surface area contributed by atoms with Gasteiger partial charge in [-0.25, -0.2) is 9.50 Å². The Hall–Kier alpha value is -1.93. The van der Waals surface area contributed by atoms with Gasteiger partial charge in [0, 0.05) is 18.0 Å². The molecule has 3 aromatic heterocycles. The number of carbonyl (C=O) groups excluding carboxylic acids is 1. The highest BCUT2D eigenvalue weighted by atomic mass is 32.2. The minimum Gasteiger partial charge on any atom is -0.465 e. The van der Waals surface area contributed by atoms with Gasteiger partial charge in [0.05, 0.1) is 24.3 Å². The third-order valence-electron chi connectivity index (χ3n) is 2.60. The molecule has 3 rings (SSSR count). The Labute approximate surface area is 129 Å². The van der Waals surface area contributed by atoms with Gasteiger partial charge in [0.2, 0.25) is 4.96 Å². The fourth-order valence-corrected chi connectivity index (χ4v) is 3.44. The number of carbonyl (C=O) groups is 1. The summed E-state index contributed by atoms with van der Waals surface area (Å²) in [6, 6.07) is 3.83. The van der Waals surface area contributed by atoms with E-state index in [4.69, 9.17) is 4.74 Å². The first-order valence-corrected chi connectivity index (χ1v) is 8.11. The van der Waals surface area contributed by atoms with Crippen molar-refractivity contribution in [1.82, 2.24) is 19.6 Å². The number of pyridine rings is 1. The number of hydrogen-bond donors (Lipinski definition) is 0. The minimum absolute atomic E-state index is 0.230. The summed E-state index contributed by atoms with van der Waals surface area (Å²) in [5, 5.41) is 4.40. The van der Waals surface area contributed by atoms with Gasteiger partial charge in [-0.05, 0) is 19.1 Å². The van der Waals surface area contributed by atoms with Crippen LogP contribution < -0.4 is 0 Å². The summed E-state index contributed by atoms with van der Waals surface area (Å²) in [4.78, 5) is 20.7. The van der Waals surface area contributed by atoms with Gasteiger partial charge < -0.3 is 4.74 Å². The molecule has 3 aromatic rings. The normalized spacial score (nSPS) is 10.9.